The zero-order valence-electron chi connectivity index (χ0n) is 13.9. The molecule has 2 aromatic heterocycles. The first-order valence-electron chi connectivity index (χ1n) is 7.79. The number of nitrogens with one attached hydrogen (secondary N) is 2. The minimum absolute atomic E-state index is 0.114. The molecular formula is C18H18N4O3. The molecule has 0 aliphatic carbocycles. The van der Waals surface area contributed by atoms with Crippen LogP contribution in [0.4, 0.5) is 0 Å². The number of nitrogens with zero attached hydrogens (tertiary/aromatic N) is 2. The first kappa shape index (κ1) is 16.5. The quantitative estimate of drug-likeness (QED) is 0.713. The summed E-state index contributed by atoms with van der Waals surface area (Å²) >= 11 is 0. The summed E-state index contributed by atoms with van der Waals surface area (Å²) in [5.74, 6) is -0.713. The molecule has 0 saturated carbocycles. The molecule has 2 heterocycles. The van der Waals surface area contributed by atoms with Crippen LogP contribution in [0.3, 0.4) is 0 Å². The van der Waals surface area contributed by atoms with Crippen molar-refractivity contribution in [1.29, 1.82) is 0 Å². The van der Waals surface area contributed by atoms with E-state index in [1.807, 2.05) is 44.2 Å². The Kier molecular flexibility index (Phi) is 4.65. The van der Waals surface area contributed by atoms with Crippen LogP contribution in [-0.4, -0.2) is 21.6 Å². The van der Waals surface area contributed by atoms with Crippen molar-refractivity contribution in [3.63, 3.8) is 0 Å². The van der Waals surface area contributed by atoms with Gasteiger partial charge in [0.15, 0.2) is 5.76 Å². The van der Waals surface area contributed by atoms with E-state index in [0.717, 1.165) is 22.6 Å². The fourth-order valence-electron chi connectivity index (χ4n) is 2.55. The molecule has 0 atom stereocenters. The van der Waals surface area contributed by atoms with Gasteiger partial charge in [-0.05, 0) is 38.1 Å². The lowest BCUT2D eigenvalue weighted by atomic mass is 10.1. The Morgan fingerprint density at radius 2 is 1.84 bits per heavy atom. The molecule has 0 unspecified atom stereocenters. The van der Waals surface area contributed by atoms with Crippen LogP contribution in [0.5, 0.6) is 0 Å². The second-order valence-electron chi connectivity index (χ2n) is 5.55. The van der Waals surface area contributed by atoms with Crippen molar-refractivity contribution in [2.24, 2.45) is 0 Å². The van der Waals surface area contributed by atoms with E-state index >= 15 is 0 Å². The van der Waals surface area contributed by atoms with Crippen molar-refractivity contribution >= 4 is 11.8 Å². The van der Waals surface area contributed by atoms with Crippen molar-refractivity contribution < 1.29 is 14.0 Å². The van der Waals surface area contributed by atoms with Gasteiger partial charge in [-0.3, -0.25) is 20.4 Å². The van der Waals surface area contributed by atoms with Gasteiger partial charge in [-0.1, -0.05) is 18.2 Å². The predicted molar refractivity (Wildman–Crippen MR) is 91.1 cm³/mol. The highest BCUT2D eigenvalue weighted by molar-refractivity contribution is 5.93. The van der Waals surface area contributed by atoms with Crippen LogP contribution in [-0.2, 0) is 11.2 Å². The van der Waals surface area contributed by atoms with Gasteiger partial charge in [-0.2, -0.15) is 5.10 Å². The Hall–Kier alpha value is -3.35. The van der Waals surface area contributed by atoms with Gasteiger partial charge in [0.2, 0.25) is 5.91 Å². The highest BCUT2D eigenvalue weighted by atomic mass is 16.3. The number of rotatable bonds is 4. The first-order chi connectivity index (χ1) is 12.1. The number of hydrogen-bond acceptors (Lipinski definition) is 4. The molecular weight excluding hydrogens is 320 g/mol. The lowest BCUT2D eigenvalue weighted by molar-refractivity contribution is -0.121. The van der Waals surface area contributed by atoms with Crippen molar-refractivity contribution in [3.8, 4) is 5.69 Å². The molecule has 1 aromatic carbocycles. The van der Waals surface area contributed by atoms with Crippen LogP contribution >= 0.6 is 0 Å². The highest BCUT2D eigenvalue weighted by Crippen LogP contribution is 2.18. The zero-order valence-corrected chi connectivity index (χ0v) is 13.9. The molecule has 0 saturated heterocycles. The number of furan rings is 1. The van der Waals surface area contributed by atoms with E-state index in [4.69, 9.17) is 4.42 Å². The van der Waals surface area contributed by atoms with Crippen LogP contribution in [0.1, 0.15) is 27.5 Å². The number of hydrazine groups is 1. The van der Waals surface area contributed by atoms with Crippen LogP contribution in [0.2, 0.25) is 0 Å². The summed E-state index contributed by atoms with van der Waals surface area (Å²) in [5, 5.41) is 4.50. The normalized spacial score (nSPS) is 10.5. The molecule has 3 aromatic rings. The lowest BCUT2D eigenvalue weighted by Crippen LogP contribution is -2.42. The van der Waals surface area contributed by atoms with Crippen molar-refractivity contribution in [3.05, 3.63) is 71.4 Å². The molecule has 0 spiro atoms. The Morgan fingerprint density at radius 1 is 1.08 bits per heavy atom. The van der Waals surface area contributed by atoms with E-state index in [0.29, 0.717) is 0 Å². The largest absolute Gasteiger partial charge is 0.459 e. The zero-order chi connectivity index (χ0) is 17.8. The fourth-order valence-corrected chi connectivity index (χ4v) is 2.55. The summed E-state index contributed by atoms with van der Waals surface area (Å²) in [4.78, 5) is 23.9. The topological polar surface area (TPSA) is 89.2 Å². The molecule has 128 valence electrons. The van der Waals surface area contributed by atoms with Crippen LogP contribution in [0.15, 0.2) is 53.1 Å². The molecule has 2 amide bonds. The highest BCUT2D eigenvalue weighted by Gasteiger charge is 2.16. The number of carbonyl (C=O) groups is 2. The molecule has 7 nitrogen and oxygen atoms in total. The third-order valence-electron chi connectivity index (χ3n) is 3.84. The van der Waals surface area contributed by atoms with Crippen molar-refractivity contribution in [2.75, 3.05) is 0 Å². The van der Waals surface area contributed by atoms with Crippen molar-refractivity contribution in [2.45, 2.75) is 20.3 Å². The number of carbonyl (C=O) groups excluding carboxylic acids is 2. The molecule has 0 aliphatic heterocycles. The van der Waals surface area contributed by atoms with E-state index in [-0.39, 0.29) is 18.1 Å². The molecule has 3 rings (SSSR count). The third kappa shape index (κ3) is 3.60. The molecule has 0 radical (unpaired) electrons. The second-order valence-corrected chi connectivity index (χ2v) is 5.55. The number of aryl methyl sites for hydroxylation is 1. The van der Waals surface area contributed by atoms with Gasteiger partial charge in [-0.25, -0.2) is 4.68 Å². The van der Waals surface area contributed by atoms with Crippen LogP contribution in [0.25, 0.3) is 5.69 Å². The van der Waals surface area contributed by atoms with Gasteiger partial charge in [0.25, 0.3) is 0 Å². The molecule has 0 aliphatic rings. The van der Waals surface area contributed by atoms with Gasteiger partial charge in [0, 0.05) is 11.3 Å². The number of hydrogen-bond donors (Lipinski definition) is 2. The SMILES string of the molecule is Cc1nn(-c2ccccc2)c(C)c1CC(=O)NNC(=O)c1ccco1. The Labute approximate surface area is 144 Å². The molecule has 7 heteroatoms. The average molecular weight is 338 g/mol. The van der Waals surface area contributed by atoms with Gasteiger partial charge in [-0.15, -0.1) is 0 Å². The van der Waals surface area contributed by atoms with Gasteiger partial charge >= 0.3 is 5.91 Å². The summed E-state index contributed by atoms with van der Waals surface area (Å²) < 4.78 is 6.76. The maximum atomic E-state index is 12.1. The minimum atomic E-state index is -0.508. The molecule has 25 heavy (non-hydrogen) atoms. The lowest BCUT2D eigenvalue weighted by Gasteiger charge is -2.07. The maximum Gasteiger partial charge on any atom is 0.305 e. The minimum Gasteiger partial charge on any atom is -0.459 e. The van der Waals surface area contributed by atoms with Gasteiger partial charge in [0.1, 0.15) is 0 Å². The number of benzene rings is 1. The number of amides is 2. The second kappa shape index (κ2) is 7.04. The van der Waals surface area contributed by atoms with E-state index in [1.165, 1.54) is 12.3 Å². The van der Waals surface area contributed by atoms with Crippen molar-refractivity contribution in [1.82, 2.24) is 20.6 Å². The average Bonchev–Trinajstić information content (AvgIpc) is 3.25. The number of para-hydroxylation sites is 1. The van der Waals surface area contributed by atoms with Gasteiger partial charge < -0.3 is 4.42 Å². The van der Waals surface area contributed by atoms with E-state index in [9.17, 15) is 9.59 Å². The van der Waals surface area contributed by atoms with Crippen LogP contribution in [0, 0.1) is 13.8 Å². The van der Waals surface area contributed by atoms with Gasteiger partial charge in [0.05, 0.1) is 24.1 Å². The monoisotopic (exact) mass is 338 g/mol. The summed E-state index contributed by atoms with van der Waals surface area (Å²) in [6.07, 6.45) is 1.50. The van der Waals surface area contributed by atoms with E-state index < -0.39 is 5.91 Å². The van der Waals surface area contributed by atoms with Crippen LogP contribution < -0.4 is 10.9 Å². The standard InChI is InChI=1S/C18H18N4O3/c1-12-15(13(2)22(21-12)14-7-4-3-5-8-14)11-17(23)19-20-18(24)16-9-6-10-25-16/h3-10H,11H2,1-2H3,(H,19,23)(H,20,24). The molecule has 2 N–H and O–H groups in total. The Balaban J connectivity index is 1.67. The predicted octanol–water partition coefficient (Wildman–Crippen LogP) is 2.09. The Bertz CT molecular complexity index is 883. The summed E-state index contributed by atoms with van der Waals surface area (Å²) in [5.41, 5.74) is 8.13. The number of aromatic nitrogens is 2. The molecule has 0 bridgehead atoms. The summed E-state index contributed by atoms with van der Waals surface area (Å²) in [7, 11) is 0. The van der Waals surface area contributed by atoms with E-state index in [2.05, 4.69) is 16.0 Å². The maximum absolute atomic E-state index is 12.1. The third-order valence-corrected chi connectivity index (χ3v) is 3.84. The smallest absolute Gasteiger partial charge is 0.305 e. The van der Waals surface area contributed by atoms with E-state index in [1.54, 1.807) is 10.7 Å². The fraction of sp³-hybridized carbons (Fsp3) is 0.167. The summed E-state index contributed by atoms with van der Waals surface area (Å²) in [6.45, 7) is 3.77. The molecule has 0 fully saturated rings. The first-order valence-corrected chi connectivity index (χ1v) is 7.79. The Morgan fingerprint density at radius 3 is 2.52 bits per heavy atom. The summed E-state index contributed by atoms with van der Waals surface area (Å²) in [6, 6.07) is 12.8.